The monoisotopic (exact) mass is 528 g/mol. The Hall–Kier alpha value is -2.66. The molecule has 0 bridgehead atoms. The molecule has 1 aliphatic heterocycles. The SMILES string of the molecule is CN(C(=O)c1cc(C(F)(F)F)cc(C(F)(F)F)c1)[C@@H]1CN(C(=O)O)C[C@H]1c1ccc(Cl)c(Cl)c1. The van der Waals surface area contributed by atoms with Crippen LogP contribution in [0, 0.1) is 0 Å². The van der Waals surface area contributed by atoms with Gasteiger partial charge in [0, 0.05) is 31.6 Å². The lowest BCUT2D eigenvalue weighted by Gasteiger charge is -2.29. The molecule has 0 radical (unpaired) electrons. The van der Waals surface area contributed by atoms with Crippen LogP contribution >= 0.6 is 23.2 Å². The summed E-state index contributed by atoms with van der Waals surface area (Å²) in [4.78, 5) is 26.5. The summed E-state index contributed by atoms with van der Waals surface area (Å²) in [5, 5.41) is 9.79. The van der Waals surface area contributed by atoms with Crippen molar-refractivity contribution >= 4 is 35.2 Å². The van der Waals surface area contributed by atoms with Gasteiger partial charge in [0.05, 0.1) is 27.2 Å². The topological polar surface area (TPSA) is 60.9 Å². The molecule has 3 rings (SSSR count). The molecule has 1 N–H and O–H groups in total. The Balaban J connectivity index is 2.02. The van der Waals surface area contributed by atoms with Gasteiger partial charge in [0.2, 0.25) is 0 Å². The van der Waals surface area contributed by atoms with Crippen LogP contribution in [0.3, 0.4) is 0 Å². The molecule has 0 aromatic heterocycles. The van der Waals surface area contributed by atoms with Crippen LogP contribution in [-0.4, -0.2) is 53.1 Å². The van der Waals surface area contributed by atoms with Gasteiger partial charge in [-0.1, -0.05) is 29.3 Å². The van der Waals surface area contributed by atoms with Crippen molar-refractivity contribution in [2.45, 2.75) is 24.3 Å². The maximum absolute atomic E-state index is 13.2. The number of alkyl halides is 6. The van der Waals surface area contributed by atoms with E-state index in [1.54, 1.807) is 6.07 Å². The first-order valence-electron chi connectivity index (χ1n) is 9.59. The van der Waals surface area contributed by atoms with Gasteiger partial charge in [-0.3, -0.25) is 4.79 Å². The number of likely N-dealkylation sites (tertiary alicyclic amines) is 1. The number of rotatable bonds is 3. The minimum atomic E-state index is -5.12. The highest BCUT2D eigenvalue weighted by atomic mass is 35.5. The Morgan fingerprint density at radius 2 is 1.50 bits per heavy atom. The smallest absolute Gasteiger partial charge is 0.416 e. The quantitative estimate of drug-likeness (QED) is 0.479. The Morgan fingerprint density at radius 1 is 0.941 bits per heavy atom. The molecule has 2 aromatic carbocycles. The third-order valence-corrected chi connectivity index (χ3v) is 6.32. The van der Waals surface area contributed by atoms with E-state index in [2.05, 4.69) is 0 Å². The molecule has 2 atom stereocenters. The molecule has 1 aliphatic rings. The Bertz CT molecular complexity index is 1090. The van der Waals surface area contributed by atoms with Gasteiger partial charge in [-0.2, -0.15) is 26.3 Å². The van der Waals surface area contributed by atoms with E-state index in [0.29, 0.717) is 17.7 Å². The van der Waals surface area contributed by atoms with E-state index in [9.17, 15) is 41.0 Å². The van der Waals surface area contributed by atoms with E-state index in [0.717, 1.165) is 9.80 Å². The van der Waals surface area contributed by atoms with Gasteiger partial charge in [0.1, 0.15) is 0 Å². The normalized spacial score (nSPS) is 18.8. The van der Waals surface area contributed by atoms with Gasteiger partial charge in [-0.25, -0.2) is 4.79 Å². The molecule has 1 fully saturated rings. The molecule has 1 heterocycles. The number of carbonyl (C=O) groups is 2. The number of benzene rings is 2. The molecule has 0 spiro atoms. The van der Waals surface area contributed by atoms with E-state index in [1.807, 2.05) is 0 Å². The zero-order valence-electron chi connectivity index (χ0n) is 17.2. The summed E-state index contributed by atoms with van der Waals surface area (Å²) >= 11 is 12.0. The second-order valence-corrected chi connectivity index (χ2v) is 8.56. The van der Waals surface area contributed by atoms with E-state index in [4.69, 9.17) is 23.2 Å². The second-order valence-electron chi connectivity index (χ2n) is 7.75. The molecule has 5 nitrogen and oxygen atoms in total. The van der Waals surface area contributed by atoms with Crippen molar-refractivity contribution in [3.05, 3.63) is 68.7 Å². The average Bonchev–Trinajstić information content (AvgIpc) is 3.19. The first-order chi connectivity index (χ1) is 15.6. The third kappa shape index (κ3) is 5.35. The van der Waals surface area contributed by atoms with Crippen molar-refractivity contribution in [3.8, 4) is 0 Å². The fourth-order valence-electron chi connectivity index (χ4n) is 3.84. The molecule has 0 unspecified atom stereocenters. The second kappa shape index (κ2) is 9.18. The van der Waals surface area contributed by atoms with Gasteiger partial charge >= 0.3 is 18.4 Å². The lowest BCUT2D eigenvalue weighted by atomic mass is 9.93. The standard InChI is InChI=1S/C21H16Cl2F6N2O3/c1-30(18(32)11-4-12(20(24,25)26)7-13(5-11)21(27,28)29)17-9-31(19(33)34)8-14(17)10-2-3-15(22)16(23)6-10/h2-7,14,17H,8-9H2,1H3,(H,33,34)/t14-,17+/m0/s1. The zero-order valence-corrected chi connectivity index (χ0v) is 18.7. The molecule has 2 aromatic rings. The maximum atomic E-state index is 13.2. The van der Waals surface area contributed by atoms with Crippen molar-refractivity contribution in [2.24, 2.45) is 0 Å². The first-order valence-corrected chi connectivity index (χ1v) is 10.3. The molecule has 0 aliphatic carbocycles. The molecule has 34 heavy (non-hydrogen) atoms. The molecule has 13 heteroatoms. The van der Waals surface area contributed by atoms with Crippen molar-refractivity contribution in [2.75, 3.05) is 20.1 Å². The zero-order chi connectivity index (χ0) is 25.6. The number of nitrogens with zero attached hydrogens (tertiary/aromatic N) is 2. The molecular formula is C21H16Cl2F6N2O3. The van der Waals surface area contributed by atoms with Crippen LogP contribution < -0.4 is 0 Å². The van der Waals surface area contributed by atoms with Gasteiger partial charge < -0.3 is 14.9 Å². The van der Waals surface area contributed by atoms with Crippen LogP contribution in [0.5, 0.6) is 0 Å². The fourth-order valence-corrected chi connectivity index (χ4v) is 4.15. The van der Waals surface area contributed by atoms with Crippen LogP contribution in [0.4, 0.5) is 31.1 Å². The van der Waals surface area contributed by atoms with Crippen LogP contribution in [0.15, 0.2) is 36.4 Å². The lowest BCUT2D eigenvalue weighted by molar-refractivity contribution is -0.143. The van der Waals surface area contributed by atoms with Crippen molar-refractivity contribution < 1.29 is 41.0 Å². The summed E-state index contributed by atoms with van der Waals surface area (Å²) < 4.78 is 79.2. The number of likely N-dealkylation sites (N-methyl/N-ethyl adjacent to an activating group) is 1. The summed E-state index contributed by atoms with van der Waals surface area (Å²) in [6.07, 6.45) is -11.5. The minimum absolute atomic E-state index is 0.0724. The Morgan fingerprint density at radius 3 is 1.97 bits per heavy atom. The summed E-state index contributed by atoms with van der Waals surface area (Å²) in [7, 11) is 1.19. The molecular weight excluding hydrogens is 513 g/mol. The van der Waals surface area contributed by atoms with Crippen molar-refractivity contribution in [3.63, 3.8) is 0 Å². The Kier molecular flexibility index (Phi) is 7.01. The first kappa shape index (κ1) is 26.0. The van der Waals surface area contributed by atoms with Crippen molar-refractivity contribution in [1.29, 1.82) is 0 Å². The maximum Gasteiger partial charge on any atom is 0.416 e. The number of hydrogen-bond acceptors (Lipinski definition) is 2. The van der Waals surface area contributed by atoms with Gasteiger partial charge in [0.25, 0.3) is 5.91 Å². The van der Waals surface area contributed by atoms with Crippen LogP contribution in [-0.2, 0) is 12.4 Å². The molecule has 0 saturated carbocycles. The van der Waals surface area contributed by atoms with Crippen LogP contribution in [0.2, 0.25) is 10.0 Å². The number of amides is 2. The van der Waals surface area contributed by atoms with Crippen LogP contribution in [0.25, 0.3) is 0 Å². The summed E-state index contributed by atoms with van der Waals surface area (Å²) in [6, 6.07) is 4.20. The van der Waals surface area contributed by atoms with E-state index in [-0.39, 0.29) is 29.2 Å². The summed E-state index contributed by atoms with van der Waals surface area (Å²) in [6.45, 7) is -0.292. The van der Waals surface area contributed by atoms with E-state index < -0.39 is 53.0 Å². The third-order valence-electron chi connectivity index (χ3n) is 5.58. The molecule has 1 saturated heterocycles. The fraction of sp³-hybridized carbons (Fsp3) is 0.333. The highest BCUT2D eigenvalue weighted by Crippen LogP contribution is 2.38. The van der Waals surface area contributed by atoms with Crippen LogP contribution in [0.1, 0.15) is 33.0 Å². The lowest BCUT2D eigenvalue weighted by Crippen LogP contribution is -2.42. The largest absolute Gasteiger partial charge is 0.465 e. The number of carbonyl (C=O) groups excluding carboxylic acids is 1. The highest BCUT2D eigenvalue weighted by molar-refractivity contribution is 6.42. The van der Waals surface area contributed by atoms with E-state index in [1.165, 1.54) is 19.2 Å². The predicted octanol–water partition coefficient (Wildman–Crippen LogP) is 6.25. The van der Waals surface area contributed by atoms with E-state index >= 15 is 0 Å². The van der Waals surface area contributed by atoms with Gasteiger partial charge in [-0.15, -0.1) is 0 Å². The summed E-state index contributed by atoms with van der Waals surface area (Å²) in [5.41, 5.74) is -3.58. The summed E-state index contributed by atoms with van der Waals surface area (Å²) in [5.74, 6) is -1.79. The average molecular weight is 529 g/mol. The van der Waals surface area contributed by atoms with Crippen molar-refractivity contribution in [1.82, 2.24) is 9.80 Å². The predicted molar refractivity (Wildman–Crippen MR) is 111 cm³/mol. The number of carboxylic acid groups (broad SMARTS) is 1. The molecule has 184 valence electrons. The number of hydrogen-bond donors (Lipinski definition) is 1. The highest BCUT2D eigenvalue weighted by Gasteiger charge is 2.42. The molecule has 2 amide bonds. The minimum Gasteiger partial charge on any atom is -0.465 e. The Labute approximate surface area is 199 Å². The number of halogens is 8. The van der Waals surface area contributed by atoms with Gasteiger partial charge in [-0.05, 0) is 35.9 Å². The van der Waals surface area contributed by atoms with Gasteiger partial charge in [0.15, 0.2) is 0 Å².